The molecule has 0 fully saturated rings. The summed E-state index contributed by atoms with van der Waals surface area (Å²) in [4.78, 5) is 38.2. The minimum Gasteiger partial charge on any atom is -0.462 e. The van der Waals surface area contributed by atoms with Crippen molar-refractivity contribution in [3.63, 3.8) is 0 Å². The van der Waals surface area contributed by atoms with Crippen LogP contribution in [-0.4, -0.2) is 37.2 Å². The van der Waals surface area contributed by atoms with Crippen molar-refractivity contribution in [3.8, 4) is 0 Å². The van der Waals surface area contributed by atoms with E-state index >= 15 is 0 Å². The maximum absolute atomic E-state index is 12.9. The average Bonchev–Trinajstić information content (AvgIpc) is 3.39. The van der Waals surface area contributed by atoms with Crippen LogP contribution in [0.1, 0.15) is 252 Å². The van der Waals surface area contributed by atoms with Gasteiger partial charge in [0.2, 0.25) is 0 Å². The first kappa shape index (κ1) is 68.6. The maximum atomic E-state index is 12.9. The predicted molar refractivity (Wildman–Crippen MR) is 316 cm³/mol. The summed E-state index contributed by atoms with van der Waals surface area (Å²) >= 11 is 0. The van der Waals surface area contributed by atoms with Gasteiger partial charge in [-0.2, -0.15) is 0 Å². The highest BCUT2D eigenvalue weighted by atomic mass is 16.6. The molecule has 1 unspecified atom stereocenters. The molecule has 0 heterocycles. The first-order chi connectivity index (χ1) is 36.0. The van der Waals surface area contributed by atoms with Crippen molar-refractivity contribution in [2.45, 2.75) is 258 Å². The van der Waals surface area contributed by atoms with Crippen LogP contribution in [0.2, 0.25) is 0 Å². The molecular formula is C67H108O6. The SMILES string of the molecule is CC/C=C\C/C=C\C/C=C\C/C=C\C/C=C\CC(=O)OCC(COC(=O)CCCCCCCCCCC/C=C\C/C=C\CCCCCCC)OC(=O)CCCCCCCC/C=C\C/C=C\C/C=C\C/C=C\CC. The van der Waals surface area contributed by atoms with Gasteiger partial charge < -0.3 is 14.2 Å². The molecule has 0 amide bonds. The van der Waals surface area contributed by atoms with Gasteiger partial charge in [0.05, 0.1) is 6.42 Å². The third-order valence-electron chi connectivity index (χ3n) is 12.2. The molecule has 0 radical (unpaired) electrons. The second kappa shape index (κ2) is 60.1. The Kier molecular flexibility index (Phi) is 56.4. The molecule has 412 valence electrons. The molecular weight excluding hydrogens is 901 g/mol. The summed E-state index contributed by atoms with van der Waals surface area (Å²) in [6.07, 6.45) is 84.7. The van der Waals surface area contributed by atoms with E-state index in [4.69, 9.17) is 14.2 Å². The van der Waals surface area contributed by atoms with Crippen LogP contribution in [0.4, 0.5) is 0 Å². The minimum absolute atomic E-state index is 0.118. The lowest BCUT2D eigenvalue weighted by molar-refractivity contribution is -0.166. The van der Waals surface area contributed by atoms with Crippen LogP contribution < -0.4 is 0 Å². The van der Waals surface area contributed by atoms with Crippen LogP contribution in [0.5, 0.6) is 0 Å². The number of unbranched alkanes of at least 4 members (excludes halogenated alkanes) is 20. The summed E-state index contributed by atoms with van der Waals surface area (Å²) in [5.41, 5.74) is 0. The van der Waals surface area contributed by atoms with Gasteiger partial charge in [0.15, 0.2) is 6.10 Å². The summed E-state index contributed by atoms with van der Waals surface area (Å²) in [5, 5.41) is 0. The van der Waals surface area contributed by atoms with Crippen molar-refractivity contribution in [3.05, 3.63) is 134 Å². The molecule has 0 aromatic rings. The zero-order valence-corrected chi connectivity index (χ0v) is 47.1. The van der Waals surface area contributed by atoms with Crippen LogP contribution in [0.25, 0.3) is 0 Å². The van der Waals surface area contributed by atoms with Crippen molar-refractivity contribution >= 4 is 17.9 Å². The van der Waals surface area contributed by atoms with Crippen LogP contribution in [0.15, 0.2) is 134 Å². The molecule has 0 aliphatic carbocycles. The Morgan fingerprint density at radius 2 is 0.589 bits per heavy atom. The Labute approximate surface area is 449 Å². The Morgan fingerprint density at radius 3 is 0.959 bits per heavy atom. The van der Waals surface area contributed by atoms with E-state index in [2.05, 4.69) is 142 Å². The molecule has 0 aliphatic heterocycles. The average molecular weight is 1010 g/mol. The Morgan fingerprint density at radius 1 is 0.301 bits per heavy atom. The maximum Gasteiger partial charge on any atom is 0.309 e. The second-order valence-electron chi connectivity index (χ2n) is 19.2. The molecule has 73 heavy (non-hydrogen) atoms. The number of esters is 3. The number of allylic oxidation sites excluding steroid dienone is 21. The summed E-state index contributed by atoms with van der Waals surface area (Å²) in [5.74, 6) is -1.07. The molecule has 0 saturated carbocycles. The van der Waals surface area contributed by atoms with Gasteiger partial charge in [-0.15, -0.1) is 0 Å². The van der Waals surface area contributed by atoms with Gasteiger partial charge >= 0.3 is 17.9 Å². The van der Waals surface area contributed by atoms with Gasteiger partial charge in [-0.05, 0) is 116 Å². The summed E-state index contributed by atoms with van der Waals surface area (Å²) in [6, 6.07) is 0. The summed E-state index contributed by atoms with van der Waals surface area (Å²) in [6.45, 7) is 6.30. The lowest BCUT2D eigenvalue weighted by Gasteiger charge is -2.18. The molecule has 0 rings (SSSR count). The first-order valence-corrected chi connectivity index (χ1v) is 29.7. The summed E-state index contributed by atoms with van der Waals surface area (Å²) in [7, 11) is 0. The van der Waals surface area contributed by atoms with Crippen LogP contribution >= 0.6 is 0 Å². The summed E-state index contributed by atoms with van der Waals surface area (Å²) < 4.78 is 16.8. The van der Waals surface area contributed by atoms with Crippen molar-refractivity contribution in [1.82, 2.24) is 0 Å². The first-order valence-electron chi connectivity index (χ1n) is 29.7. The van der Waals surface area contributed by atoms with Gasteiger partial charge in [-0.3, -0.25) is 14.4 Å². The molecule has 0 aromatic heterocycles. The number of hydrogen-bond acceptors (Lipinski definition) is 6. The van der Waals surface area contributed by atoms with E-state index in [0.29, 0.717) is 6.42 Å². The molecule has 6 heteroatoms. The quantitative estimate of drug-likeness (QED) is 0.0261. The lowest BCUT2D eigenvalue weighted by atomic mass is 10.1. The highest BCUT2D eigenvalue weighted by Gasteiger charge is 2.19. The van der Waals surface area contributed by atoms with E-state index < -0.39 is 12.1 Å². The fourth-order valence-electron chi connectivity index (χ4n) is 7.77. The third-order valence-corrected chi connectivity index (χ3v) is 12.2. The highest BCUT2D eigenvalue weighted by molar-refractivity contribution is 5.72. The molecule has 0 aromatic carbocycles. The number of hydrogen-bond donors (Lipinski definition) is 0. The topological polar surface area (TPSA) is 78.9 Å². The Bertz CT molecular complexity index is 1580. The second-order valence-corrected chi connectivity index (χ2v) is 19.2. The highest BCUT2D eigenvalue weighted by Crippen LogP contribution is 2.14. The van der Waals surface area contributed by atoms with Crippen molar-refractivity contribution in [2.75, 3.05) is 13.2 Å². The van der Waals surface area contributed by atoms with Crippen LogP contribution in [-0.2, 0) is 28.6 Å². The Balaban J connectivity index is 4.51. The number of rotatable bonds is 52. The van der Waals surface area contributed by atoms with Crippen molar-refractivity contribution in [2.24, 2.45) is 0 Å². The third kappa shape index (κ3) is 58.3. The van der Waals surface area contributed by atoms with Crippen LogP contribution in [0, 0.1) is 0 Å². The molecule has 1 atom stereocenters. The van der Waals surface area contributed by atoms with Gasteiger partial charge in [0.1, 0.15) is 13.2 Å². The number of carbonyl (C=O) groups is 3. The van der Waals surface area contributed by atoms with E-state index in [0.717, 1.165) is 116 Å². The van der Waals surface area contributed by atoms with E-state index in [1.807, 2.05) is 6.08 Å². The van der Waals surface area contributed by atoms with E-state index in [1.54, 1.807) is 6.08 Å². The van der Waals surface area contributed by atoms with Gasteiger partial charge in [-0.1, -0.05) is 251 Å². The largest absolute Gasteiger partial charge is 0.462 e. The van der Waals surface area contributed by atoms with Gasteiger partial charge in [0, 0.05) is 12.8 Å². The molecule has 6 nitrogen and oxygen atoms in total. The Hall–Kier alpha value is -4.45. The van der Waals surface area contributed by atoms with E-state index in [-0.39, 0.29) is 38.0 Å². The fourth-order valence-corrected chi connectivity index (χ4v) is 7.77. The van der Waals surface area contributed by atoms with E-state index in [1.165, 1.54) is 96.3 Å². The van der Waals surface area contributed by atoms with Crippen molar-refractivity contribution < 1.29 is 28.6 Å². The zero-order chi connectivity index (χ0) is 52.9. The lowest BCUT2D eigenvalue weighted by Crippen LogP contribution is -2.30. The van der Waals surface area contributed by atoms with Gasteiger partial charge in [0.25, 0.3) is 0 Å². The smallest absolute Gasteiger partial charge is 0.309 e. The van der Waals surface area contributed by atoms with E-state index in [9.17, 15) is 14.4 Å². The normalized spacial score (nSPS) is 13.1. The predicted octanol–water partition coefficient (Wildman–Crippen LogP) is 20.2. The molecule has 0 spiro atoms. The number of carbonyl (C=O) groups excluding carboxylic acids is 3. The fraction of sp³-hybridized carbons (Fsp3) is 0.627. The van der Waals surface area contributed by atoms with Crippen LogP contribution in [0.3, 0.4) is 0 Å². The standard InChI is InChI=1S/C67H108O6/c1-4-7-10-13-16-19-22-25-28-30-32-33-35-36-39-42-45-48-51-54-57-60-66(69)72-63-64(62-71-65(68)59-56-53-50-47-44-41-38-27-24-21-18-15-12-9-6-3)73-67(70)61-58-55-52-49-46-43-40-37-34-31-29-26-23-20-17-14-11-8-5-2/h8-9,11-12,17-18,20-22,25-27,29-30,32,34,37-38,44,47,53,56,64H,4-7,10,13-16,19,23-24,28,31,33,35-36,39-43,45-46,48-52,54-55,57-63H2,1-3H3/b11-8-,12-9-,20-17-,21-18-,25-22-,29-26-,32-30-,37-34-,38-27-,47-44-,56-53-. The zero-order valence-electron chi connectivity index (χ0n) is 47.1. The molecule has 0 N–H and O–H groups in total. The molecule has 0 aliphatic rings. The molecule has 0 bridgehead atoms. The van der Waals surface area contributed by atoms with Gasteiger partial charge in [-0.25, -0.2) is 0 Å². The molecule has 0 saturated heterocycles. The van der Waals surface area contributed by atoms with Crippen molar-refractivity contribution in [1.29, 1.82) is 0 Å². The monoisotopic (exact) mass is 1010 g/mol. The number of ether oxygens (including phenoxy) is 3. The minimum atomic E-state index is -0.833.